The molecule has 0 spiro atoms. The fourth-order valence-corrected chi connectivity index (χ4v) is 1.73. The average Bonchev–Trinajstić information content (AvgIpc) is 1.82. The Morgan fingerprint density at radius 2 is 1.75 bits per heavy atom. The molecule has 68 valence electrons. The number of nitrogens with zero attached hydrogens (tertiary/aromatic N) is 1. The highest BCUT2D eigenvalue weighted by molar-refractivity contribution is 14.1. The summed E-state index contributed by atoms with van der Waals surface area (Å²) in [5.41, 5.74) is 0. The van der Waals surface area contributed by atoms with E-state index in [9.17, 15) is 18.4 Å². The van der Waals surface area contributed by atoms with Crippen molar-refractivity contribution in [3.05, 3.63) is 0 Å². The van der Waals surface area contributed by atoms with E-state index in [2.05, 4.69) is 0 Å². The van der Waals surface area contributed by atoms with Crippen LogP contribution in [0, 0.1) is 0 Å². The third-order valence-corrected chi connectivity index (χ3v) is 2.22. The van der Waals surface area contributed by atoms with E-state index in [1.807, 2.05) is 0 Å². The maximum atomic E-state index is 12.5. The van der Waals surface area contributed by atoms with Gasteiger partial charge in [0.2, 0.25) is 11.8 Å². The van der Waals surface area contributed by atoms with E-state index in [1.54, 1.807) is 22.6 Å². The van der Waals surface area contributed by atoms with E-state index in [0.29, 0.717) is 0 Å². The molecule has 1 aliphatic heterocycles. The first kappa shape index (κ1) is 9.82. The number of rotatable bonds is 1. The largest absolute Gasteiger partial charge is 0.274 e. The van der Waals surface area contributed by atoms with Gasteiger partial charge in [-0.05, 0) is 0 Å². The summed E-state index contributed by atoms with van der Waals surface area (Å²) >= 11 is 1.79. The Morgan fingerprint density at radius 1 is 1.33 bits per heavy atom. The summed E-state index contributed by atoms with van der Waals surface area (Å²) in [6.07, 6.45) is -1.69. The van der Waals surface area contributed by atoms with Gasteiger partial charge >= 0.3 is 0 Å². The fraction of sp³-hybridized carbons (Fsp3) is 0.667. The Morgan fingerprint density at radius 3 is 2.08 bits per heavy atom. The van der Waals surface area contributed by atoms with Gasteiger partial charge in [0.1, 0.15) is 0 Å². The molecule has 1 aliphatic rings. The number of piperidine rings is 1. The first-order valence-electron chi connectivity index (χ1n) is 3.23. The van der Waals surface area contributed by atoms with Crippen LogP contribution in [0.15, 0.2) is 0 Å². The van der Waals surface area contributed by atoms with Crippen LogP contribution >= 0.6 is 22.6 Å². The number of hydrogen-bond acceptors (Lipinski definition) is 2. The zero-order valence-electron chi connectivity index (χ0n) is 6.02. The van der Waals surface area contributed by atoms with Crippen LogP contribution in [0.5, 0.6) is 0 Å². The Balaban J connectivity index is 2.77. The minimum absolute atomic E-state index is 0.144. The standard InChI is InChI=1S/C6H6F2INO2/c7-6(8)1-4(11)10(3-9)5(12)2-6/h1-3H2. The molecular formula is C6H6F2INO2. The summed E-state index contributed by atoms with van der Waals surface area (Å²) in [5, 5.41) is 0. The summed E-state index contributed by atoms with van der Waals surface area (Å²) in [6.45, 7) is 0. The predicted molar refractivity (Wildman–Crippen MR) is 44.9 cm³/mol. The molecule has 0 saturated carbocycles. The first-order chi connectivity index (χ1) is 5.46. The van der Waals surface area contributed by atoms with Crippen molar-refractivity contribution < 1.29 is 18.4 Å². The zero-order valence-corrected chi connectivity index (χ0v) is 8.18. The molecule has 6 heteroatoms. The summed E-state index contributed by atoms with van der Waals surface area (Å²) in [6, 6.07) is 0. The molecule has 0 aromatic carbocycles. The number of halogens is 3. The first-order valence-corrected chi connectivity index (χ1v) is 4.76. The number of carbonyl (C=O) groups excluding carboxylic acids is 2. The van der Waals surface area contributed by atoms with Gasteiger partial charge in [-0.2, -0.15) is 0 Å². The Hall–Kier alpha value is -0.270. The van der Waals surface area contributed by atoms with Crippen LogP contribution in [-0.4, -0.2) is 27.2 Å². The summed E-state index contributed by atoms with van der Waals surface area (Å²) in [4.78, 5) is 22.6. The van der Waals surface area contributed by atoms with Gasteiger partial charge in [0.25, 0.3) is 5.92 Å². The molecule has 0 bridgehead atoms. The third kappa shape index (κ3) is 1.90. The molecular weight excluding hydrogens is 283 g/mol. The number of amides is 2. The van der Waals surface area contributed by atoms with Gasteiger partial charge in [0.15, 0.2) is 0 Å². The van der Waals surface area contributed by atoms with Crippen molar-refractivity contribution in [1.82, 2.24) is 4.90 Å². The van der Waals surface area contributed by atoms with Gasteiger partial charge in [-0.15, -0.1) is 0 Å². The summed E-state index contributed by atoms with van der Waals surface area (Å²) < 4.78 is 25.2. The second-order valence-electron chi connectivity index (χ2n) is 2.54. The molecule has 1 heterocycles. The Bertz CT molecular complexity index is 212. The third-order valence-electron chi connectivity index (χ3n) is 1.54. The lowest BCUT2D eigenvalue weighted by Gasteiger charge is -2.27. The second kappa shape index (κ2) is 3.23. The van der Waals surface area contributed by atoms with Crippen molar-refractivity contribution in [3.63, 3.8) is 0 Å². The van der Waals surface area contributed by atoms with Gasteiger partial charge in [0.05, 0.1) is 17.4 Å². The molecule has 0 aromatic rings. The SMILES string of the molecule is O=C1CC(F)(F)CC(=O)N1CI. The van der Waals surface area contributed by atoms with Crippen LogP contribution in [0.4, 0.5) is 8.78 Å². The van der Waals surface area contributed by atoms with Crippen LogP contribution in [0.3, 0.4) is 0 Å². The van der Waals surface area contributed by atoms with Crippen LogP contribution in [0.1, 0.15) is 12.8 Å². The highest BCUT2D eigenvalue weighted by Gasteiger charge is 2.43. The summed E-state index contributed by atoms with van der Waals surface area (Å²) in [5.74, 6) is -4.72. The van der Waals surface area contributed by atoms with Crippen molar-refractivity contribution in [2.24, 2.45) is 0 Å². The van der Waals surface area contributed by atoms with Crippen LogP contribution in [0.2, 0.25) is 0 Å². The molecule has 0 radical (unpaired) electrons. The van der Waals surface area contributed by atoms with Crippen molar-refractivity contribution in [1.29, 1.82) is 0 Å². The second-order valence-corrected chi connectivity index (χ2v) is 3.23. The lowest BCUT2D eigenvalue weighted by atomic mass is 10.1. The maximum Gasteiger partial charge on any atom is 0.265 e. The zero-order chi connectivity index (χ0) is 9.35. The highest BCUT2D eigenvalue weighted by Crippen LogP contribution is 2.29. The van der Waals surface area contributed by atoms with E-state index in [4.69, 9.17) is 0 Å². The minimum Gasteiger partial charge on any atom is -0.274 e. The van der Waals surface area contributed by atoms with Crippen LogP contribution in [0.25, 0.3) is 0 Å². The van der Waals surface area contributed by atoms with Crippen LogP contribution in [-0.2, 0) is 9.59 Å². The Labute approximate surface area is 81.2 Å². The molecule has 1 saturated heterocycles. The van der Waals surface area contributed by atoms with Crippen molar-refractivity contribution in [3.8, 4) is 0 Å². The molecule has 2 amide bonds. The molecule has 0 aliphatic carbocycles. The van der Waals surface area contributed by atoms with E-state index in [1.165, 1.54) is 0 Å². The maximum absolute atomic E-state index is 12.5. The van der Waals surface area contributed by atoms with E-state index in [-0.39, 0.29) is 4.55 Å². The molecule has 0 aromatic heterocycles. The van der Waals surface area contributed by atoms with Gasteiger partial charge < -0.3 is 0 Å². The molecule has 3 nitrogen and oxygen atoms in total. The minimum atomic E-state index is -3.14. The van der Waals surface area contributed by atoms with Crippen molar-refractivity contribution >= 4 is 34.4 Å². The van der Waals surface area contributed by atoms with Gasteiger partial charge in [0, 0.05) is 0 Å². The molecule has 0 atom stereocenters. The van der Waals surface area contributed by atoms with Gasteiger partial charge in [-0.25, -0.2) is 8.78 Å². The fourth-order valence-electron chi connectivity index (χ4n) is 0.968. The molecule has 12 heavy (non-hydrogen) atoms. The topological polar surface area (TPSA) is 37.4 Å². The van der Waals surface area contributed by atoms with E-state index in [0.717, 1.165) is 4.90 Å². The lowest BCUT2D eigenvalue weighted by molar-refractivity contribution is -0.160. The number of hydrogen-bond donors (Lipinski definition) is 0. The Kier molecular flexibility index (Phi) is 2.64. The molecule has 0 unspecified atom stereocenters. The van der Waals surface area contributed by atoms with Gasteiger partial charge in [-0.3, -0.25) is 14.5 Å². The van der Waals surface area contributed by atoms with Crippen LogP contribution < -0.4 is 0 Å². The quantitative estimate of drug-likeness (QED) is 0.314. The lowest BCUT2D eigenvalue weighted by Crippen LogP contribution is -2.46. The monoisotopic (exact) mass is 289 g/mol. The highest BCUT2D eigenvalue weighted by atomic mass is 127. The van der Waals surface area contributed by atoms with Gasteiger partial charge in [-0.1, -0.05) is 22.6 Å². The van der Waals surface area contributed by atoms with Crippen molar-refractivity contribution in [2.75, 3.05) is 4.55 Å². The van der Waals surface area contributed by atoms with E-state index >= 15 is 0 Å². The normalized spacial score (nSPS) is 23.1. The smallest absolute Gasteiger partial charge is 0.265 e. The number of carbonyl (C=O) groups is 2. The van der Waals surface area contributed by atoms with Crippen molar-refractivity contribution in [2.45, 2.75) is 18.8 Å². The number of imide groups is 1. The average molecular weight is 289 g/mol. The number of likely N-dealkylation sites (tertiary alicyclic amines) is 1. The molecule has 1 rings (SSSR count). The predicted octanol–water partition coefficient (Wildman–Crippen LogP) is 1.16. The summed E-state index contributed by atoms with van der Waals surface area (Å²) in [7, 11) is 0. The molecule has 1 fully saturated rings. The number of alkyl halides is 3. The van der Waals surface area contributed by atoms with E-state index < -0.39 is 30.6 Å². The molecule has 0 N–H and O–H groups in total.